The summed E-state index contributed by atoms with van der Waals surface area (Å²) in [5, 5.41) is 11.4. The summed E-state index contributed by atoms with van der Waals surface area (Å²) in [6.07, 6.45) is 12.2. The van der Waals surface area contributed by atoms with E-state index in [0.29, 0.717) is 17.8 Å². The van der Waals surface area contributed by atoms with Gasteiger partial charge in [-0.1, -0.05) is 104 Å². The molecule has 0 amide bonds. The van der Waals surface area contributed by atoms with Crippen LogP contribution in [0.1, 0.15) is 162 Å². The minimum Gasteiger partial charge on any atom is -0.504 e. The lowest BCUT2D eigenvalue weighted by atomic mass is 9.79. The highest BCUT2D eigenvalue weighted by Crippen LogP contribution is 2.37. The van der Waals surface area contributed by atoms with Gasteiger partial charge in [-0.25, -0.2) is 0 Å². The molecule has 3 unspecified atom stereocenters. The Morgan fingerprint density at radius 3 is 1.65 bits per heavy atom. The van der Waals surface area contributed by atoms with Crippen LogP contribution in [0.4, 0.5) is 0 Å². The molecule has 0 aliphatic carbocycles. The van der Waals surface area contributed by atoms with E-state index in [1.54, 1.807) is 6.08 Å². The molecule has 0 bridgehead atoms. The first-order valence-corrected chi connectivity index (χ1v) is 15.1. The van der Waals surface area contributed by atoms with Gasteiger partial charge in [0.2, 0.25) is 5.78 Å². The van der Waals surface area contributed by atoms with E-state index in [0.717, 1.165) is 86.5 Å². The lowest BCUT2D eigenvalue weighted by Crippen LogP contribution is -2.15. The van der Waals surface area contributed by atoms with E-state index in [9.17, 15) is 9.90 Å². The van der Waals surface area contributed by atoms with Crippen LogP contribution in [0.25, 0.3) is 6.08 Å². The minimum absolute atomic E-state index is 0.132. The highest BCUT2D eigenvalue weighted by Gasteiger charge is 2.26. The van der Waals surface area contributed by atoms with Crippen molar-refractivity contribution in [2.75, 3.05) is 0 Å². The standard InChI is InChI=1S/C35H52O2/c1-8-16-26(12-5)30-22-21-25(11-4)23-29(30)24-33(36)35(37)34-31(27(13-6)17-9-2)19-15-20-32(34)28(14-7)18-10-3/h15,19-24,26-28,36H,8-14,16-18H2,1-7H3/b33-24-. The fourth-order valence-electron chi connectivity index (χ4n) is 6.00. The molecule has 0 fully saturated rings. The zero-order chi connectivity index (χ0) is 27.4. The molecule has 2 aromatic carbocycles. The van der Waals surface area contributed by atoms with Gasteiger partial charge in [0.1, 0.15) is 0 Å². The molecule has 2 nitrogen and oxygen atoms in total. The van der Waals surface area contributed by atoms with Gasteiger partial charge in [0.05, 0.1) is 0 Å². The molecule has 1 N–H and O–H groups in total. The number of hydrogen-bond donors (Lipinski definition) is 1. The summed E-state index contributed by atoms with van der Waals surface area (Å²) < 4.78 is 0. The molecule has 2 rings (SSSR count). The van der Waals surface area contributed by atoms with Gasteiger partial charge in [-0.15, -0.1) is 0 Å². The molecule has 3 atom stereocenters. The van der Waals surface area contributed by atoms with Crippen molar-refractivity contribution in [1.82, 2.24) is 0 Å². The molecular weight excluding hydrogens is 452 g/mol. The van der Waals surface area contributed by atoms with Crippen molar-refractivity contribution < 1.29 is 9.90 Å². The number of allylic oxidation sites excluding steroid dienone is 1. The number of aliphatic hydroxyl groups is 1. The maximum Gasteiger partial charge on any atom is 0.227 e. The highest BCUT2D eigenvalue weighted by atomic mass is 16.3. The summed E-state index contributed by atoms with van der Waals surface area (Å²) in [4.78, 5) is 14.2. The SMILES string of the molecule is CCCC(CC)c1ccc(CC)cc1/C=C(\O)C(=O)c1c(C(CC)CCC)cccc1C(CC)CCC. The number of Topliss-reactive ketones (excluding diaryl/α,β-unsaturated/α-hetero) is 1. The van der Waals surface area contributed by atoms with Crippen LogP contribution in [0.2, 0.25) is 0 Å². The van der Waals surface area contributed by atoms with Crippen LogP contribution in [-0.2, 0) is 6.42 Å². The fourth-order valence-corrected chi connectivity index (χ4v) is 6.00. The Morgan fingerprint density at radius 1 is 0.730 bits per heavy atom. The minimum atomic E-state index is -0.217. The molecule has 0 radical (unpaired) electrons. The van der Waals surface area contributed by atoms with Gasteiger partial charge < -0.3 is 5.11 Å². The Kier molecular flexibility index (Phi) is 13.2. The third kappa shape index (κ3) is 7.82. The fraction of sp³-hybridized carbons (Fsp3) is 0.571. The van der Waals surface area contributed by atoms with Crippen molar-refractivity contribution in [1.29, 1.82) is 0 Å². The molecule has 0 spiro atoms. The second-order valence-electron chi connectivity index (χ2n) is 10.7. The lowest BCUT2D eigenvalue weighted by molar-refractivity contribution is 0.0977. The van der Waals surface area contributed by atoms with Gasteiger partial charge in [-0.3, -0.25) is 4.79 Å². The van der Waals surface area contributed by atoms with Gasteiger partial charge in [-0.2, -0.15) is 0 Å². The molecular formula is C35H52O2. The molecule has 204 valence electrons. The molecule has 2 aromatic rings. The van der Waals surface area contributed by atoms with Crippen LogP contribution in [0.15, 0.2) is 42.2 Å². The first-order valence-electron chi connectivity index (χ1n) is 15.1. The van der Waals surface area contributed by atoms with E-state index in [1.165, 1.54) is 11.1 Å². The van der Waals surface area contributed by atoms with Crippen molar-refractivity contribution in [3.05, 3.63) is 75.5 Å². The molecule has 0 aromatic heterocycles. The Hall–Kier alpha value is -2.35. The normalized spacial score (nSPS) is 14.4. The lowest BCUT2D eigenvalue weighted by Gasteiger charge is -2.24. The number of carbonyl (C=O) groups is 1. The average Bonchev–Trinajstić information content (AvgIpc) is 2.92. The second kappa shape index (κ2) is 15.8. The zero-order valence-corrected chi connectivity index (χ0v) is 24.7. The topological polar surface area (TPSA) is 37.3 Å². The molecule has 0 saturated carbocycles. The highest BCUT2D eigenvalue weighted by molar-refractivity contribution is 6.11. The number of benzene rings is 2. The van der Waals surface area contributed by atoms with Gasteiger partial charge in [0.15, 0.2) is 5.76 Å². The number of aryl methyl sites for hydroxylation is 1. The van der Waals surface area contributed by atoms with Crippen molar-refractivity contribution >= 4 is 11.9 Å². The average molecular weight is 505 g/mol. The van der Waals surface area contributed by atoms with Crippen LogP contribution >= 0.6 is 0 Å². The molecule has 0 heterocycles. The summed E-state index contributed by atoms with van der Waals surface area (Å²) in [7, 11) is 0. The largest absolute Gasteiger partial charge is 0.504 e. The number of aliphatic hydroxyl groups excluding tert-OH is 1. The smallest absolute Gasteiger partial charge is 0.227 e. The summed E-state index contributed by atoms with van der Waals surface area (Å²) in [6, 6.07) is 13.0. The molecule has 2 heteroatoms. The van der Waals surface area contributed by atoms with Crippen LogP contribution in [0.5, 0.6) is 0 Å². The van der Waals surface area contributed by atoms with Crippen LogP contribution in [-0.4, -0.2) is 10.9 Å². The summed E-state index contributed by atoms with van der Waals surface area (Å²) in [5.41, 5.74) is 6.44. The third-order valence-electron chi connectivity index (χ3n) is 8.15. The number of carbonyl (C=O) groups excluding carboxylic acids is 1. The van der Waals surface area contributed by atoms with Crippen LogP contribution < -0.4 is 0 Å². The van der Waals surface area contributed by atoms with Gasteiger partial charge in [0.25, 0.3) is 0 Å². The van der Waals surface area contributed by atoms with E-state index in [-0.39, 0.29) is 11.5 Å². The maximum absolute atomic E-state index is 14.2. The van der Waals surface area contributed by atoms with Crippen molar-refractivity contribution in [2.45, 2.75) is 130 Å². The Bertz CT molecular complexity index is 984. The van der Waals surface area contributed by atoms with Gasteiger partial charge in [0, 0.05) is 5.56 Å². The predicted molar refractivity (Wildman–Crippen MR) is 161 cm³/mol. The van der Waals surface area contributed by atoms with E-state index < -0.39 is 0 Å². The maximum atomic E-state index is 14.2. The van der Waals surface area contributed by atoms with Crippen LogP contribution in [0.3, 0.4) is 0 Å². The number of ketones is 1. The number of rotatable bonds is 16. The van der Waals surface area contributed by atoms with E-state index >= 15 is 0 Å². The van der Waals surface area contributed by atoms with Crippen LogP contribution in [0, 0.1) is 0 Å². The Labute approximate surface area is 227 Å². The van der Waals surface area contributed by atoms with Crippen molar-refractivity contribution in [3.8, 4) is 0 Å². The molecule has 37 heavy (non-hydrogen) atoms. The van der Waals surface area contributed by atoms with E-state index in [1.807, 2.05) is 0 Å². The quantitative estimate of drug-likeness (QED) is 0.140. The van der Waals surface area contributed by atoms with E-state index in [4.69, 9.17) is 0 Å². The molecule has 0 aliphatic heterocycles. The first-order chi connectivity index (χ1) is 17.9. The van der Waals surface area contributed by atoms with Crippen molar-refractivity contribution in [2.24, 2.45) is 0 Å². The Morgan fingerprint density at radius 2 is 1.22 bits per heavy atom. The third-order valence-corrected chi connectivity index (χ3v) is 8.15. The predicted octanol–water partition coefficient (Wildman–Crippen LogP) is 10.9. The molecule has 0 saturated heterocycles. The molecule has 0 aliphatic rings. The summed E-state index contributed by atoms with van der Waals surface area (Å²) >= 11 is 0. The second-order valence-corrected chi connectivity index (χ2v) is 10.7. The van der Waals surface area contributed by atoms with E-state index in [2.05, 4.69) is 84.9 Å². The summed E-state index contributed by atoms with van der Waals surface area (Å²) in [5.74, 6) is 0.724. The van der Waals surface area contributed by atoms with Crippen molar-refractivity contribution in [3.63, 3.8) is 0 Å². The zero-order valence-electron chi connectivity index (χ0n) is 24.7. The Balaban J connectivity index is 2.71. The number of hydrogen-bond acceptors (Lipinski definition) is 2. The summed E-state index contributed by atoms with van der Waals surface area (Å²) in [6.45, 7) is 15.4. The van der Waals surface area contributed by atoms with Gasteiger partial charge >= 0.3 is 0 Å². The first kappa shape index (κ1) is 30.9. The monoisotopic (exact) mass is 504 g/mol. The van der Waals surface area contributed by atoms with Gasteiger partial charge in [-0.05, 0) is 96.6 Å².